The molecule has 3 rings (SSSR count). The summed E-state index contributed by atoms with van der Waals surface area (Å²) in [6.07, 6.45) is 1.09. The summed E-state index contributed by atoms with van der Waals surface area (Å²) in [6.45, 7) is 2.77. The molecule has 3 heteroatoms. The number of rotatable bonds is 3. The quantitative estimate of drug-likeness (QED) is 0.865. The van der Waals surface area contributed by atoms with Gasteiger partial charge in [0.1, 0.15) is 12.4 Å². The van der Waals surface area contributed by atoms with E-state index in [4.69, 9.17) is 10.5 Å². The summed E-state index contributed by atoms with van der Waals surface area (Å²) in [5.41, 5.74) is 9.07. The molecular weight excluding hydrogens is 254 g/mol. The van der Waals surface area contributed by atoms with Crippen LogP contribution in [0.15, 0.2) is 47.4 Å². The summed E-state index contributed by atoms with van der Waals surface area (Å²) < 4.78 is 5.93. The number of anilines is 1. The molecule has 1 aliphatic rings. The number of fused-ring (bicyclic) bond motifs is 1. The van der Waals surface area contributed by atoms with Crippen molar-refractivity contribution in [1.82, 2.24) is 0 Å². The molecule has 0 saturated carbocycles. The van der Waals surface area contributed by atoms with Crippen molar-refractivity contribution in [3.05, 3.63) is 53.6 Å². The largest absolute Gasteiger partial charge is 0.492 e. The first-order valence-corrected chi connectivity index (χ1v) is 7.34. The van der Waals surface area contributed by atoms with Gasteiger partial charge >= 0.3 is 0 Å². The number of benzene rings is 2. The number of nitrogens with two attached hydrogens (primary N) is 1. The predicted molar refractivity (Wildman–Crippen MR) is 80.9 cm³/mol. The van der Waals surface area contributed by atoms with E-state index in [-0.39, 0.29) is 0 Å². The average molecular weight is 271 g/mol. The molecule has 0 aromatic heterocycles. The minimum atomic E-state index is 0.509. The lowest BCUT2D eigenvalue weighted by Crippen LogP contribution is -2.13. The van der Waals surface area contributed by atoms with E-state index in [1.165, 1.54) is 10.5 Å². The van der Waals surface area contributed by atoms with E-state index in [9.17, 15) is 0 Å². The van der Waals surface area contributed by atoms with Crippen LogP contribution in [0.3, 0.4) is 0 Å². The molecule has 0 fully saturated rings. The van der Waals surface area contributed by atoms with Crippen LogP contribution in [0.1, 0.15) is 11.1 Å². The van der Waals surface area contributed by atoms with Crippen LogP contribution in [-0.2, 0) is 6.42 Å². The highest BCUT2D eigenvalue weighted by molar-refractivity contribution is 8.00. The first-order valence-electron chi connectivity index (χ1n) is 6.46. The molecule has 98 valence electrons. The van der Waals surface area contributed by atoms with Crippen LogP contribution in [0.4, 0.5) is 5.69 Å². The molecule has 1 heterocycles. The van der Waals surface area contributed by atoms with E-state index in [0.29, 0.717) is 5.25 Å². The van der Waals surface area contributed by atoms with Crippen molar-refractivity contribution in [2.75, 3.05) is 12.3 Å². The van der Waals surface area contributed by atoms with Gasteiger partial charge in [0.25, 0.3) is 0 Å². The van der Waals surface area contributed by atoms with E-state index in [0.717, 1.165) is 30.0 Å². The Kier molecular flexibility index (Phi) is 3.38. The van der Waals surface area contributed by atoms with Crippen molar-refractivity contribution in [3.63, 3.8) is 0 Å². The van der Waals surface area contributed by atoms with Crippen LogP contribution in [0.25, 0.3) is 0 Å². The van der Waals surface area contributed by atoms with E-state index in [1.807, 2.05) is 36.9 Å². The Bertz CT molecular complexity index is 572. The first-order chi connectivity index (χ1) is 9.22. The Morgan fingerprint density at radius 1 is 1.26 bits per heavy atom. The molecule has 2 aromatic carbocycles. The number of thioether (sulfide) groups is 1. The molecule has 1 atom stereocenters. The van der Waals surface area contributed by atoms with Gasteiger partial charge in [-0.05, 0) is 48.7 Å². The van der Waals surface area contributed by atoms with Crippen LogP contribution >= 0.6 is 11.8 Å². The maximum Gasteiger partial charge on any atom is 0.122 e. The third kappa shape index (κ3) is 2.71. The van der Waals surface area contributed by atoms with Crippen LogP contribution in [0, 0.1) is 6.92 Å². The van der Waals surface area contributed by atoms with Crippen molar-refractivity contribution in [3.8, 4) is 5.75 Å². The highest BCUT2D eigenvalue weighted by atomic mass is 32.2. The van der Waals surface area contributed by atoms with Gasteiger partial charge in [0, 0.05) is 15.8 Å². The average Bonchev–Trinajstić information content (AvgIpc) is 2.80. The van der Waals surface area contributed by atoms with Crippen LogP contribution < -0.4 is 10.5 Å². The number of hydrogen-bond donors (Lipinski definition) is 1. The van der Waals surface area contributed by atoms with Gasteiger partial charge in [0.15, 0.2) is 0 Å². The maximum absolute atomic E-state index is 5.93. The lowest BCUT2D eigenvalue weighted by molar-refractivity contribution is 0.315. The predicted octanol–water partition coefficient (Wildman–Crippen LogP) is 3.67. The molecule has 0 aliphatic carbocycles. The highest BCUT2D eigenvalue weighted by Gasteiger charge is 2.22. The molecule has 1 aliphatic heterocycles. The second-order valence-corrected chi connectivity index (χ2v) is 6.23. The second kappa shape index (κ2) is 5.17. The zero-order valence-corrected chi connectivity index (χ0v) is 11.7. The normalized spacial score (nSPS) is 17.2. The third-order valence-corrected chi connectivity index (χ3v) is 4.63. The molecule has 1 unspecified atom stereocenters. The minimum Gasteiger partial charge on any atom is -0.492 e. The summed E-state index contributed by atoms with van der Waals surface area (Å²) in [5, 5.41) is 0.509. The molecule has 19 heavy (non-hydrogen) atoms. The summed E-state index contributed by atoms with van der Waals surface area (Å²) in [6, 6.07) is 14.4. The maximum atomic E-state index is 5.93. The number of hydrogen-bond acceptors (Lipinski definition) is 3. The first kappa shape index (κ1) is 12.4. The summed E-state index contributed by atoms with van der Waals surface area (Å²) in [4.78, 5) is 1.39. The number of ether oxygens (including phenoxy) is 1. The monoisotopic (exact) mass is 271 g/mol. The van der Waals surface area contributed by atoms with Crippen LogP contribution in [0.5, 0.6) is 5.75 Å². The zero-order chi connectivity index (χ0) is 13.2. The van der Waals surface area contributed by atoms with E-state index < -0.39 is 0 Å². The minimum absolute atomic E-state index is 0.509. The smallest absolute Gasteiger partial charge is 0.122 e. The molecule has 2 aromatic rings. The van der Waals surface area contributed by atoms with Gasteiger partial charge < -0.3 is 10.5 Å². The fraction of sp³-hybridized carbons (Fsp3) is 0.250. The molecular formula is C16H17NOS. The van der Waals surface area contributed by atoms with Gasteiger partial charge in [-0.1, -0.05) is 18.2 Å². The summed E-state index contributed by atoms with van der Waals surface area (Å²) >= 11 is 1.91. The second-order valence-electron chi connectivity index (χ2n) is 4.89. The Morgan fingerprint density at radius 2 is 2.11 bits per heavy atom. The van der Waals surface area contributed by atoms with Crippen LogP contribution in [0.2, 0.25) is 0 Å². The topological polar surface area (TPSA) is 35.2 Å². The van der Waals surface area contributed by atoms with Crippen molar-refractivity contribution in [2.24, 2.45) is 0 Å². The standard InChI is InChI=1S/C16H17NOS/c1-11-8-13(17)6-7-15(11)18-10-14-9-12-4-2-3-5-16(12)19-14/h2-8,14H,9-10,17H2,1H3. The van der Waals surface area contributed by atoms with Crippen LogP contribution in [-0.4, -0.2) is 11.9 Å². The lowest BCUT2D eigenvalue weighted by Gasteiger charge is -2.13. The fourth-order valence-corrected chi connectivity index (χ4v) is 3.58. The van der Waals surface area contributed by atoms with Crippen molar-refractivity contribution < 1.29 is 4.74 Å². The Labute approximate surface area is 118 Å². The fourth-order valence-electron chi connectivity index (χ4n) is 2.36. The Balaban J connectivity index is 1.63. The molecule has 0 bridgehead atoms. The summed E-state index contributed by atoms with van der Waals surface area (Å²) in [7, 11) is 0. The van der Waals surface area contributed by atoms with Gasteiger partial charge in [-0.25, -0.2) is 0 Å². The van der Waals surface area contributed by atoms with Gasteiger partial charge in [-0.2, -0.15) is 0 Å². The van der Waals surface area contributed by atoms with Gasteiger partial charge in [-0.3, -0.25) is 0 Å². The van der Waals surface area contributed by atoms with Gasteiger partial charge in [0.05, 0.1) is 0 Å². The lowest BCUT2D eigenvalue weighted by atomic mass is 10.1. The molecule has 0 amide bonds. The van der Waals surface area contributed by atoms with Crippen molar-refractivity contribution >= 4 is 17.4 Å². The summed E-state index contributed by atoms with van der Waals surface area (Å²) in [5.74, 6) is 0.936. The molecule has 0 spiro atoms. The van der Waals surface area contributed by atoms with E-state index >= 15 is 0 Å². The van der Waals surface area contributed by atoms with Gasteiger partial charge in [0.2, 0.25) is 0 Å². The third-order valence-electron chi connectivity index (χ3n) is 3.34. The molecule has 2 N–H and O–H groups in total. The zero-order valence-electron chi connectivity index (χ0n) is 10.9. The van der Waals surface area contributed by atoms with Gasteiger partial charge in [-0.15, -0.1) is 11.8 Å². The van der Waals surface area contributed by atoms with E-state index in [2.05, 4.69) is 24.3 Å². The highest BCUT2D eigenvalue weighted by Crippen LogP contribution is 2.37. The van der Waals surface area contributed by atoms with Crippen molar-refractivity contribution in [2.45, 2.75) is 23.5 Å². The number of nitrogen functional groups attached to an aromatic ring is 1. The van der Waals surface area contributed by atoms with E-state index in [1.54, 1.807) is 0 Å². The molecule has 0 saturated heterocycles. The Hall–Kier alpha value is -1.61. The SMILES string of the molecule is Cc1cc(N)ccc1OCC1Cc2ccccc2S1. The number of aryl methyl sites for hydroxylation is 1. The Morgan fingerprint density at radius 3 is 2.89 bits per heavy atom. The molecule has 2 nitrogen and oxygen atoms in total. The molecule has 0 radical (unpaired) electrons. The van der Waals surface area contributed by atoms with Crippen molar-refractivity contribution in [1.29, 1.82) is 0 Å².